The average molecular weight is 304 g/mol. The van der Waals surface area contributed by atoms with Crippen LogP contribution in [0, 0.1) is 17.2 Å². The number of carbonyl (C=O) groups is 2. The van der Waals surface area contributed by atoms with Gasteiger partial charge in [-0.05, 0) is 44.9 Å². The summed E-state index contributed by atoms with van der Waals surface area (Å²) in [5, 5.41) is 18.0. The topological polar surface area (TPSA) is 113 Å². The molecular weight excluding hydrogens is 284 g/mol. The summed E-state index contributed by atoms with van der Waals surface area (Å²) in [6, 6.07) is 7.68. The predicted molar refractivity (Wildman–Crippen MR) is 79.8 cm³/mol. The molecule has 0 aliphatic rings. The number of nitrogens with zero attached hydrogens (tertiary/aromatic N) is 1. The Morgan fingerprint density at radius 2 is 1.86 bits per heavy atom. The summed E-state index contributed by atoms with van der Waals surface area (Å²) in [7, 11) is 0. The Morgan fingerprint density at radius 1 is 1.32 bits per heavy atom. The number of rotatable bonds is 5. The minimum absolute atomic E-state index is 0.196. The monoisotopic (exact) mass is 304 g/mol. The van der Waals surface area contributed by atoms with E-state index in [1.54, 1.807) is 45.0 Å². The van der Waals surface area contributed by atoms with E-state index in [0.29, 0.717) is 5.56 Å². The fraction of sp³-hybridized carbons (Fsp3) is 0.438. The lowest BCUT2D eigenvalue weighted by molar-refractivity contribution is -0.167. The second kappa shape index (κ2) is 7.05. The van der Waals surface area contributed by atoms with Crippen LogP contribution in [0.2, 0.25) is 0 Å². The van der Waals surface area contributed by atoms with Crippen molar-refractivity contribution in [3.05, 3.63) is 35.4 Å². The molecular formula is C16H20N2O4. The maximum atomic E-state index is 12.0. The van der Waals surface area contributed by atoms with Gasteiger partial charge >= 0.3 is 11.9 Å². The zero-order chi connectivity index (χ0) is 16.9. The van der Waals surface area contributed by atoms with Crippen LogP contribution in [0.1, 0.15) is 31.9 Å². The third-order valence-electron chi connectivity index (χ3n) is 2.91. The molecule has 1 rings (SSSR count). The number of ether oxygens (including phenoxy) is 1. The van der Waals surface area contributed by atoms with Gasteiger partial charge in [-0.2, -0.15) is 5.26 Å². The molecule has 1 aromatic carbocycles. The number of carboxylic acid groups (broad SMARTS) is 1. The van der Waals surface area contributed by atoms with Gasteiger partial charge in [0.2, 0.25) is 0 Å². The van der Waals surface area contributed by atoms with E-state index >= 15 is 0 Å². The maximum Gasteiger partial charge on any atom is 0.322 e. The van der Waals surface area contributed by atoms with Crippen LogP contribution in [-0.4, -0.2) is 28.7 Å². The van der Waals surface area contributed by atoms with E-state index in [4.69, 9.17) is 15.7 Å². The van der Waals surface area contributed by atoms with Crippen LogP contribution in [0.5, 0.6) is 0 Å². The number of nitriles is 1. The predicted octanol–water partition coefficient (Wildman–Crippen LogP) is 1.47. The van der Waals surface area contributed by atoms with E-state index in [1.807, 2.05) is 6.07 Å². The summed E-state index contributed by atoms with van der Waals surface area (Å²) in [5.41, 5.74) is 6.37. The Morgan fingerprint density at radius 3 is 2.27 bits per heavy atom. The first-order valence-corrected chi connectivity index (χ1v) is 6.84. The lowest BCUT2D eigenvalue weighted by atomic mass is 9.93. The molecule has 0 saturated heterocycles. The van der Waals surface area contributed by atoms with Crippen molar-refractivity contribution < 1.29 is 19.4 Å². The summed E-state index contributed by atoms with van der Waals surface area (Å²) < 4.78 is 5.11. The summed E-state index contributed by atoms with van der Waals surface area (Å²) in [4.78, 5) is 23.3. The molecule has 2 atom stereocenters. The SMILES string of the molecule is CC(C)(C)OC(=O)C(C(=O)O)C(N)Cc1ccc(C#N)cc1. The van der Waals surface area contributed by atoms with Gasteiger partial charge in [-0.15, -0.1) is 0 Å². The molecule has 0 aromatic heterocycles. The lowest BCUT2D eigenvalue weighted by Gasteiger charge is -2.25. The van der Waals surface area contributed by atoms with Gasteiger partial charge in [-0.25, -0.2) is 0 Å². The quantitative estimate of drug-likeness (QED) is 0.629. The van der Waals surface area contributed by atoms with E-state index < -0.39 is 29.5 Å². The van der Waals surface area contributed by atoms with Crippen molar-refractivity contribution in [1.82, 2.24) is 0 Å². The third kappa shape index (κ3) is 5.19. The maximum absolute atomic E-state index is 12.0. The molecule has 6 heteroatoms. The number of carboxylic acids is 1. The Kier molecular flexibility index (Phi) is 5.66. The van der Waals surface area contributed by atoms with Gasteiger partial charge in [0.15, 0.2) is 5.92 Å². The van der Waals surface area contributed by atoms with Crippen LogP contribution >= 0.6 is 0 Å². The van der Waals surface area contributed by atoms with Crippen molar-refractivity contribution in [2.75, 3.05) is 0 Å². The van der Waals surface area contributed by atoms with Crippen LogP contribution in [0.15, 0.2) is 24.3 Å². The van der Waals surface area contributed by atoms with Crippen molar-refractivity contribution in [3.63, 3.8) is 0 Å². The first-order chi connectivity index (χ1) is 10.1. The van der Waals surface area contributed by atoms with Gasteiger partial charge in [-0.3, -0.25) is 9.59 Å². The molecule has 1 aromatic rings. The van der Waals surface area contributed by atoms with Crippen LogP contribution in [-0.2, 0) is 20.7 Å². The van der Waals surface area contributed by atoms with E-state index in [-0.39, 0.29) is 6.42 Å². The zero-order valence-electron chi connectivity index (χ0n) is 12.9. The standard InChI is InChI=1S/C16H20N2O4/c1-16(2,3)22-15(21)13(14(19)20)12(18)8-10-4-6-11(9-17)7-5-10/h4-7,12-13H,8,18H2,1-3H3,(H,19,20). The van der Waals surface area contributed by atoms with Gasteiger partial charge in [-0.1, -0.05) is 12.1 Å². The van der Waals surface area contributed by atoms with Gasteiger partial charge in [0.05, 0.1) is 11.6 Å². The van der Waals surface area contributed by atoms with Crippen LogP contribution in [0.25, 0.3) is 0 Å². The summed E-state index contributed by atoms with van der Waals surface area (Å²) in [6.07, 6.45) is 0.196. The Labute approximate surface area is 129 Å². The highest BCUT2D eigenvalue weighted by molar-refractivity contribution is 5.95. The summed E-state index contributed by atoms with van der Waals surface area (Å²) in [5.74, 6) is -3.59. The third-order valence-corrected chi connectivity index (χ3v) is 2.91. The highest BCUT2D eigenvalue weighted by Crippen LogP contribution is 2.16. The number of nitrogens with two attached hydrogens (primary N) is 1. The molecule has 22 heavy (non-hydrogen) atoms. The van der Waals surface area contributed by atoms with Crippen LogP contribution < -0.4 is 5.73 Å². The normalized spacial score (nSPS) is 13.8. The minimum Gasteiger partial charge on any atom is -0.481 e. The highest BCUT2D eigenvalue weighted by Gasteiger charge is 2.36. The van der Waals surface area contributed by atoms with Crippen LogP contribution in [0.4, 0.5) is 0 Å². The molecule has 6 nitrogen and oxygen atoms in total. The lowest BCUT2D eigenvalue weighted by Crippen LogP contribution is -2.45. The van der Waals surface area contributed by atoms with Crippen molar-refractivity contribution in [3.8, 4) is 6.07 Å². The molecule has 2 unspecified atom stereocenters. The van der Waals surface area contributed by atoms with E-state index in [0.717, 1.165) is 5.56 Å². The smallest absolute Gasteiger partial charge is 0.322 e. The molecule has 0 fully saturated rings. The number of hydrogen-bond acceptors (Lipinski definition) is 5. The Hall–Kier alpha value is -2.39. The minimum atomic E-state index is -1.44. The molecule has 118 valence electrons. The number of carbonyl (C=O) groups excluding carboxylic acids is 1. The Bertz CT molecular complexity index is 582. The number of hydrogen-bond donors (Lipinski definition) is 2. The second-order valence-corrected chi connectivity index (χ2v) is 6.03. The molecule has 0 heterocycles. The Balaban J connectivity index is 2.85. The first-order valence-electron chi connectivity index (χ1n) is 6.84. The number of benzene rings is 1. The highest BCUT2D eigenvalue weighted by atomic mass is 16.6. The van der Waals surface area contributed by atoms with Gasteiger partial charge < -0.3 is 15.6 Å². The number of esters is 1. The first kappa shape index (κ1) is 17.7. The van der Waals surface area contributed by atoms with Crippen LogP contribution in [0.3, 0.4) is 0 Å². The molecule has 0 amide bonds. The fourth-order valence-electron chi connectivity index (χ4n) is 1.93. The second-order valence-electron chi connectivity index (χ2n) is 6.03. The summed E-state index contributed by atoms with van der Waals surface area (Å²) in [6.45, 7) is 4.99. The van der Waals surface area contributed by atoms with E-state index in [1.165, 1.54) is 0 Å². The average Bonchev–Trinajstić information content (AvgIpc) is 2.36. The van der Waals surface area contributed by atoms with Gasteiger partial charge in [0.1, 0.15) is 5.60 Å². The van der Waals surface area contributed by atoms with E-state index in [9.17, 15) is 14.7 Å². The zero-order valence-corrected chi connectivity index (χ0v) is 12.9. The molecule has 0 bridgehead atoms. The summed E-state index contributed by atoms with van der Waals surface area (Å²) >= 11 is 0. The van der Waals surface area contributed by atoms with Gasteiger partial charge in [0.25, 0.3) is 0 Å². The van der Waals surface area contributed by atoms with Crippen molar-refractivity contribution in [2.45, 2.75) is 38.8 Å². The number of aliphatic carboxylic acids is 1. The van der Waals surface area contributed by atoms with Gasteiger partial charge in [0, 0.05) is 6.04 Å². The van der Waals surface area contributed by atoms with Crippen molar-refractivity contribution in [1.29, 1.82) is 5.26 Å². The molecule has 0 spiro atoms. The fourth-order valence-corrected chi connectivity index (χ4v) is 1.93. The molecule has 0 aliphatic carbocycles. The van der Waals surface area contributed by atoms with Crippen molar-refractivity contribution in [2.24, 2.45) is 11.7 Å². The molecule has 0 aliphatic heterocycles. The van der Waals surface area contributed by atoms with E-state index in [2.05, 4.69) is 0 Å². The molecule has 3 N–H and O–H groups in total. The molecule has 0 radical (unpaired) electrons. The largest absolute Gasteiger partial charge is 0.481 e. The molecule has 0 saturated carbocycles. The van der Waals surface area contributed by atoms with Crippen molar-refractivity contribution >= 4 is 11.9 Å².